The van der Waals surface area contributed by atoms with E-state index in [0.717, 1.165) is 26.4 Å². The fourth-order valence-electron chi connectivity index (χ4n) is 3.31. The molecule has 0 spiro atoms. The highest BCUT2D eigenvalue weighted by Crippen LogP contribution is 2.38. The highest BCUT2D eigenvalue weighted by molar-refractivity contribution is 7.98. The average molecular weight is 438 g/mol. The summed E-state index contributed by atoms with van der Waals surface area (Å²) < 4.78 is 11.0. The van der Waals surface area contributed by atoms with Gasteiger partial charge in [-0.15, -0.1) is 23.1 Å². The molecule has 0 aliphatic carbocycles. The molecule has 0 unspecified atom stereocenters. The summed E-state index contributed by atoms with van der Waals surface area (Å²) in [7, 11) is 0. The number of rotatable bonds is 5. The number of hydrogen-bond acceptors (Lipinski definition) is 8. The molecule has 0 saturated heterocycles. The topological polar surface area (TPSA) is 87.4 Å². The van der Waals surface area contributed by atoms with E-state index >= 15 is 0 Å². The highest BCUT2D eigenvalue weighted by atomic mass is 32.2. The number of nitrogens with zero attached hydrogens (tertiary/aromatic N) is 3. The Morgan fingerprint density at radius 2 is 2.07 bits per heavy atom. The molecule has 150 valence electrons. The van der Waals surface area contributed by atoms with E-state index in [9.17, 15) is 10.1 Å². The summed E-state index contributed by atoms with van der Waals surface area (Å²) in [6.07, 6.45) is 0. The first-order valence-corrected chi connectivity index (χ1v) is 11.0. The first-order chi connectivity index (χ1) is 14.7. The summed E-state index contributed by atoms with van der Waals surface area (Å²) in [5.41, 5.74) is 2.35. The maximum absolute atomic E-state index is 11.4. The second-order valence-corrected chi connectivity index (χ2v) is 8.51. The van der Waals surface area contributed by atoms with Gasteiger partial charge in [-0.25, -0.2) is 9.97 Å². The third-order valence-corrected chi connectivity index (χ3v) is 6.56. The van der Waals surface area contributed by atoms with Crippen molar-refractivity contribution in [2.75, 3.05) is 6.79 Å². The molecule has 3 heterocycles. The number of para-hydroxylation sites is 1. The number of nitro groups is 1. The molecule has 1 aliphatic heterocycles. The van der Waals surface area contributed by atoms with Crippen LogP contribution in [-0.4, -0.2) is 21.7 Å². The van der Waals surface area contributed by atoms with Crippen molar-refractivity contribution in [2.45, 2.75) is 17.4 Å². The van der Waals surface area contributed by atoms with Crippen molar-refractivity contribution in [3.05, 3.63) is 75.2 Å². The molecule has 2 aromatic carbocycles. The maximum atomic E-state index is 11.4. The molecule has 7 nitrogen and oxygen atoms in total. The number of thiophene rings is 1. The van der Waals surface area contributed by atoms with Crippen LogP contribution in [0.2, 0.25) is 0 Å². The number of aromatic nitrogens is 2. The molecule has 0 radical (unpaired) electrons. The van der Waals surface area contributed by atoms with Gasteiger partial charge in [0.25, 0.3) is 5.69 Å². The minimum absolute atomic E-state index is 0.0327. The zero-order chi connectivity index (χ0) is 20.5. The second kappa shape index (κ2) is 8.02. The summed E-state index contributed by atoms with van der Waals surface area (Å²) in [6.45, 7) is 0.440. The molecule has 30 heavy (non-hydrogen) atoms. The van der Waals surface area contributed by atoms with Gasteiger partial charge in [0.15, 0.2) is 12.6 Å². The van der Waals surface area contributed by atoms with Gasteiger partial charge in [-0.1, -0.05) is 24.3 Å². The van der Waals surface area contributed by atoms with Gasteiger partial charge in [-0.2, -0.15) is 0 Å². The molecule has 0 fully saturated rings. The van der Waals surface area contributed by atoms with Crippen molar-refractivity contribution in [3.8, 4) is 16.5 Å². The zero-order valence-electron chi connectivity index (χ0n) is 15.6. The van der Waals surface area contributed by atoms with Crippen LogP contribution in [0.3, 0.4) is 0 Å². The minimum atomic E-state index is -0.391. The largest absolute Gasteiger partial charge is 0.467 e. The Kier molecular flexibility index (Phi) is 5.07. The Hall–Kier alpha value is -3.01. The maximum Gasteiger partial charge on any atom is 0.270 e. The van der Waals surface area contributed by atoms with E-state index in [0.29, 0.717) is 29.5 Å². The van der Waals surface area contributed by atoms with Crippen LogP contribution in [0.15, 0.2) is 58.9 Å². The van der Waals surface area contributed by atoms with Gasteiger partial charge in [0.2, 0.25) is 0 Å². The predicted molar refractivity (Wildman–Crippen MR) is 116 cm³/mol. The van der Waals surface area contributed by atoms with E-state index in [2.05, 4.69) is 0 Å². The number of non-ortho nitro benzene ring substituents is 1. The van der Waals surface area contributed by atoms with Crippen molar-refractivity contribution in [2.24, 2.45) is 0 Å². The first kappa shape index (κ1) is 19.0. The molecule has 9 heteroatoms. The molecule has 2 aromatic heterocycles. The standard InChI is InChI=1S/C21H15N3O4S2/c25-24(26)15-8-13-10-27-12-28-19(13)14(9-15)11-30-21-16-4-1-2-5-17(16)22-20(23-21)18-6-3-7-29-18/h1-9H,10-12H2. The van der Waals surface area contributed by atoms with E-state index in [1.165, 1.54) is 17.8 Å². The van der Waals surface area contributed by atoms with E-state index in [4.69, 9.17) is 19.4 Å². The fourth-order valence-corrected chi connectivity index (χ4v) is 4.96. The molecule has 0 amide bonds. The molecular formula is C21H15N3O4S2. The third-order valence-electron chi connectivity index (χ3n) is 4.66. The molecule has 1 aliphatic rings. The van der Waals surface area contributed by atoms with Gasteiger partial charge < -0.3 is 9.47 Å². The van der Waals surface area contributed by atoms with Crippen LogP contribution in [0.25, 0.3) is 21.6 Å². The lowest BCUT2D eigenvalue weighted by Crippen LogP contribution is -2.13. The van der Waals surface area contributed by atoms with Crippen LogP contribution in [0.1, 0.15) is 11.1 Å². The molecule has 0 atom stereocenters. The Morgan fingerprint density at radius 3 is 2.90 bits per heavy atom. The van der Waals surface area contributed by atoms with Crippen molar-refractivity contribution in [3.63, 3.8) is 0 Å². The molecule has 0 N–H and O–H groups in total. The van der Waals surface area contributed by atoms with Gasteiger partial charge in [0.1, 0.15) is 10.8 Å². The third kappa shape index (κ3) is 3.62. The average Bonchev–Trinajstić information content (AvgIpc) is 3.32. The smallest absolute Gasteiger partial charge is 0.270 e. The number of hydrogen-bond donors (Lipinski definition) is 0. The fraction of sp³-hybridized carbons (Fsp3) is 0.143. The number of nitro benzene ring substituents is 1. The zero-order valence-corrected chi connectivity index (χ0v) is 17.2. The Bertz CT molecular complexity index is 1240. The highest BCUT2D eigenvalue weighted by Gasteiger charge is 2.21. The SMILES string of the molecule is O=[N+]([O-])c1cc2c(c(CSc3nc(-c4cccs4)nc4ccccc34)c1)OCOC2. The summed E-state index contributed by atoms with van der Waals surface area (Å²) in [4.78, 5) is 21.5. The van der Waals surface area contributed by atoms with Crippen LogP contribution in [0, 0.1) is 10.1 Å². The van der Waals surface area contributed by atoms with E-state index in [-0.39, 0.29) is 12.5 Å². The lowest BCUT2D eigenvalue weighted by Gasteiger charge is -2.20. The van der Waals surface area contributed by atoms with Crippen LogP contribution >= 0.6 is 23.1 Å². The van der Waals surface area contributed by atoms with Crippen molar-refractivity contribution in [1.82, 2.24) is 9.97 Å². The van der Waals surface area contributed by atoms with Gasteiger partial charge in [0.05, 0.1) is 21.9 Å². The number of thioether (sulfide) groups is 1. The Balaban J connectivity index is 1.54. The molecular weight excluding hydrogens is 422 g/mol. The van der Waals surface area contributed by atoms with Crippen molar-refractivity contribution in [1.29, 1.82) is 0 Å². The number of ether oxygens (including phenoxy) is 2. The monoisotopic (exact) mass is 437 g/mol. The van der Waals surface area contributed by atoms with Crippen LogP contribution < -0.4 is 4.74 Å². The Labute approximate surface area is 179 Å². The molecule has 0 bridgehead atoms. The Morgan fingerprint density at radius 1 is 1.17 bits per heavy atom. The minimum Gasteiger partial charge on any atom is -0.467 e. The summed E-state index contributed by atoms with van der Waals surface area (Å²) in [5, 5.41) is 15.1. The normalized spacial score (nSPS) is 13.1. The number of fused-ring (bicyclic) bond motifs is 2. The predicted octanol–water partition coefficient (Wildman–Crippen LogP) is 5.43. The lowest BCUT2D eigenvalue weighted by atomic mass is 10.1. The summed E-state index contributed by atoms with van der Waals surface area (Å²) >= 11 is 3.11. The van der Waals surface area contributed by atoms with Crippen molar-refractivity contribution >= 4 is 39.7 Å². The summed E-state index contributed by atoms with van der Waals surface area (Å²) in [6, 6.07) is 14.9. The molecule has 4 aromatic rings. The van der Waals surface area contributed by atoms with Crippen LogP contribution in [0.4, 0.5) is 5.69 Å². The summed E-state index contributed by atoms with van der Waals surface area (Å²) in [5.74, 6) is 1.82. The van der Waals surface area contributed by atoms with Crippen molar-refractivity contribution < 1.29 is 14.4 Å². The van der Waals surface area contributed by atoms with Gasteiger partial charge in [0, 0.05) is 34.4 Å². The van der Waals surface area contributed by atoms with Gasteiger partial charge in [-0.3, -0.25) is 10.1 Å². The van der Waals surface area contributed by atoms with E-state index < -0.39 is 4.92 Å². The first-order valence-electron chi connectivity index (χ1n) is 9.13. The quantitative estimate of drug-likeness (QED) is 0.178. The van der Waals surface area contributed by atoms with Crippen LogP contribution in [0.5, 0.6) is 5.75 Å². The van der Waals surface area contributed by atoms with E-state index in [1.54, 1.807) is 17.4 Å². The van der Waals surface area contributed by atoms with Gasteiger partial charge >= 0.3 is 0 Å². The van der Waals surface area contributed by atoms with Gasteiger partial charge in [-0.05, 0) is 17.5 Å². The second-order valence-electron chi connectivity index (χ2n) is 6.60. The lowest BCUT2D eigenvalue weighted by molar-refractivity contribution is -0.385. The number of benzene rings is 2. The molecule has 0 saturated carbocycles. The van der Waals surface area contributed by atoms with E-state index in [1.807, 2.05) is 41.8 Å². The molecule has 5 rings (SSSR count). The van der Waals surface area contributed by atoms with Crippen LogP contribution in [-0.2, 0) is 17.1 Å².